The molecule has 0 unspecified atom stereocenters. The predicted octanol–water partition coefficient (Wildman–Crippen LogP) is 4.40. The molecule has 0 spiro atoms. The van der Waals surface area contributed by atoms with Gasteiger partial charge in [0.15, 0.2) is 5.13 Å². The Balaban J connectivity index is 1.72. The van der Waals surface area contributed by atoms with Gasteiger partial charge in [-0.25, -0.2) is 9.37 Å². The number of carbonyl (C=O) groups is 1. The van der Waals surface area contributed by atoms with Crippen molar-refractivity contribution in [3.63, 3.8) is 0 Å². The lowest BCUT2D eigenvalue weighted by Crippen LogP contribution is -2.07. The summed E-state index contributed by atoms with van der Waals surface area (Å²) in [7, 11) is 0. The molecule has 1 N–H and O–H groups in total. The predicted molar refractivity (Wildman–Crippen MR) is 88.4 cm³/mol. The molecule has 2 aromatic carbocycles. The van der Waals surface area contributed by atoms with E-state index in [-0.39, 0.29) is 17.2 Å². The highest BCUT2D eigenvalue weighted by Gasteiger charge is 2.08. The van der Waals surface area contributed by atoms with E-state index in [0.717, 1.165) is 11.1 Å². The Bertz CT molecular complexity index is 853. The van der Waals surface area contributed by atoms with Gasteiger partial charge in [0.2, 0.25) is 5.91 Å². The number of thiazole rings is 1. The van der Waals surface area contributed by atoms with Crippen molar-refractivity contribution in [2.75, 3.05) is 5.32 Å². The van der Waals surface area contributed by atoms with Crippen LogP contribution in [0.4, 0.5) is 9.52 Å². The third kappa shape index (κ3) is 3.20. The second-order valence-corrected chi connectivity index (χ2v) is 5.87. The fourth-order valence-corrected chi connectivity index (χ4v) is 2.85. The zero-order valence-electron chi connectivity index (χ0n) is 11.8. The highest BCUT2D eigenvalue weighted by molar-refractivity contribution is 7.22. The quantitative estimate of drug-likeness (QED) is 0.729. The molecule has 3 aromatic rings. The van der Waals surface area contributed by atoms with Gasteiger partial charge in [-0.1, -0.05) is 47.2 Å². The van der Waals surface area contributed by atoms with Crippen LogP contribution in [0.5, 0.6) is 0 Å². The van der Waals surface area contributed by atoms with Gasteiger partial charge >= 0.3 is 0 Å². The Kier molecular flexibility index (Phi) is 3.98. The molecule has 0 aliphatic carbocycles. The maximum atomic E-state index is 13.6. The number of hydrogen-bond donors (Lipinski definition) is 1. The molecule has 0 atom stereocenters. The lowest BCUT2D eigenvalue weighted by Gasteiger charge is -1.96. The molecule has 5 heteroatoms. The van der Waals surface area contributed by atoms with E-state index in [0.29, 0.717) is 9.83 Å². The molecule has 0 radical (unpaired) electrons. The van der Waals surface area contributed by atoms with Crippen LogP contribution in [0.15, 0.2) is 48.5 Å². The summed E-state index contributed by atoms with van der Waals surface area (Å²) < 4.78 is 14.3. The number of benzene rings is 2. The first kappa shape index (κ1) is 14.4. The van der Waals surface area contributed by atoms with Gasteiger partial charge in [0, 0.05) is 6.08 Å². The molecule has 1 amide bonds. The Hall–Kier alpha value is -2.53. The average Bonchev–Trinajstić information content (AvgIpc) is 2.90. The minimum absolute atomic E-state index is 0.283. The molecule has 0 aliphatic heterocycles. The minimum atomic E-state index is -0.385. The van der Waals surface area contributed by atoms with Gasteiger partial charge in [-0.3, -0.25) is 10.1 Å². The molecule has 1 heterocycles. The number of nitrogens with one attached hydrogen (secondary N) is 1. The van der Waals surface area contributed by atoms with Gasteiger partial charge < -0.3 is 0 Å². The molecule has 0 saturated carbocycles. The number of hydrogen-bond acceptors (Lipinski definition) is 3. The van der Waals surface area contributed by atoms with Crippen LogP contribution in [-0.4, -0.2) is 10.9 Å². The molecule has 0 saturated heterocycles. The third-order valence-electron chi connectivity index (χ3n) is 3.10. The van der Waals surface area contributed by atoms with Crippen molar-refractivity contribution in [3.8, 4) is 0 Å². The molecule has 3 nitrogen and oxygen atoms in total. The van der Waals surface area contributed by atoms with Gasteiger partial charge in [0.1, 0.15) is 11.3 Å². The highest BCUT2D eigenvalue weighted by Crippen LogP contribution is 2.27. The summed E-state index contributed by atoms with van der Waals surface area (Å²) >= 11 is 1.25. The van der Waals surface area contributed by atoms with Gasteiger partial charge in [-0.15, -0.1) is 0 Å². The Morgan fingerprint density at radius 3 is 2.73 bits per heavy atom. The number of carbonyl (C=O) groups excluding carboxylic acids is 1. The lowest BCUT2D eigenvalue weighted by molar-refractivity contribution is -0.111. The van der Waals surface area contributed by atoms with E-state index >= 15 is 0 Å². The number of para-hydroxylation sites is 1. The number of aromatic nitrogens is 1. The maximum absolute atomic E-state index is 13.6. The molecule has 3 rings (SSSR count). The van der Waals surface area contributed by atoms with Gasteiger partial charge in [0.05, 0.1) is 4.70 Å². The van der Waals surface area contributed by atoms with Crippen LogP contribution >= 0.6 is 11.3 Å². The lowest BCUT2D eigenvalue weighted by atomic mass is 10.1. The van der Waals surface area contributed by atoms with Crippen LogP contribution in [0.2, 0.25) is 0 Å². The SMILES string of the molecule is Cc1ccc(/C=C/C(=O)Nc2nc3c(F)cccc3s2)cc1. The maximum Gasteiger partial charge on any atom is 0.250 e. The number of aryl methyl sites for hydroxylation is 1. The number of nitrogens with zero attached hydrogens (tertiary/aromatic N) is 1. The number of halogens is 1. The van der Waals surface area contributed by atoms with Crippen molar-refractivity contribution in [1.29, 1.82) is 0 Å². The summed E-state index contributed by atoms with van der Waals surface area (Å²) in [6.07, 6.45) is 3.16. The summed E-state index contributed by atoms with van der Waals surface area (Å²) in [5, 5.41) is 3.04. The Morgan fingerprint density at radius 1 is 1.23 bits per heavy atom. The number of rotatable bonds is 3. The minimum Gasteiger partial charge on any atom is -0.298 e. The summed E-state index contributed by atoms with van der Waals surface area (Å²) in [6.45, 7) is 2.01. The van der Waals surface area contributed by atoms with Gasteiger partial charge in [0.25, 0.3) is 0 Å². The zero-order valence-corrected chi connectivity index (χ0v) is 12.7. The van der Waals surface area contributed by atoms with E-state index in [9.17, 15) is 9.18 Å². The van der Waals surface area contributed by atoms with Crippen LogP contribution < -0.4 is 5.32 Å². The third-order valence-corrected chi connectivity index (χ3v) is 4.04. The second-order valence-electron chi connectivity index (χ2n) is 4.84. The smallest absolute Gasteiger partial charge is 0.250 e. The summed E-state index contributed by atoms with van der Waals surface area (Å²) in [5.74, 6) is -0.676. The standard InChI is InChI=1S/C17H13FN2OS/c1-11-5-7-12(8-6-11)9-10-15(21)19-17-20-16-13(18)3-2-4-14(16)22-17/h2-10H,1H3,(H,19,20,21)/b10-9+. The van der Waals surface area contributed by atoms with E-state index in [1.807, 2.05) is 31.2 Å². The van der Waals surface area contributed by atoms with Gasteiger partial charge in [-0.05, 0) is 30.7 Å². The zero-order chi connectivity index (χ0) is 15.5. The normalized spacial score (nSPS) is 11.2. The molecule has 0 fully saturated rings. The Labute approximate surface area is 131 Å². The first-order valence-electron chi connectivity index (χ1n) is 6.72. The fraction of sp³-hybridized carbons (Fsp3) is 0.0588. The van der Waals surface area contributed by atoms with Gasteiger partial charge in [-0.2, -0.15) is 0 Å². The van der Waals surface area contributed by atoms with E-state index in [1.54, 1.807) is 18.2 Å². The largest absolute Gasteiger partial charge is 0.298 e. The van der Waals surface area contributed by atoms with Crippen LogP contribution in [0.1, 0.15) is 11.1 Å². The first-order chi connectivity index (χ1) is 10.6. The summed E-state index contributed by atoms with van der Waals surface area (Å²) in [6, 6.07) is 12.6. The molecule has 0 bridgehead atoms. The number of fused-ring (bicyclic) bond motifs is 1. The number of amides is 1. The Morgan fingerprint density at radius 2 is 2.00 bits per heavy atom. The van der Waals surface area contributed by atoms with Crippen LogP contribution in [0.3, 0.4) is 0 Å². The topological polar surface area (TPSA) is 42.0 Å². The first-order valence-corrected chi connectivity index (χ1v) is 7.54. The van der Waals surface area contributed by atoms with E-state index in [2.05, 4.69) is 10.3 Å². The summed E-state index contributed by atoms with van der Waals surface area (Å²) in [5.41, 5.74) is 2.39. The molecular weight excluding hydrogens is 299 g/mol. The monoisotopic (exact) mass is 312 g/mol. The van der Waals surface area contributed by atoms with Crippen LogP contribution in [-0.2, 0) is 4.79 Å². The fourth-order valence-electron chi connectivity index (χ4n) is 1.96. The molecular formula is C17H13FN2OS. The van der Waals surface area contributed by atoms with Crippen molar-refractivity contribution in [1.82, 2.24) is 4.98 Å². The van der Waals surface area contributed by atoms with Crippen molar-refractivity contribution in [2.24, 2.45) is 0 Å². The van der Waals surface area contributed by atoms with Crippen LogP contribution in [0, 0.1) is 12.7 Å². The van der Waals surface area contributed by atoms with E-state index in [1.165, 1.54) is 23.5 Å². The van der Waals surface area contributed by atoms with Crippen molar-refractivity contribution in [2.45, 2.75) is 6.92 Å². The molecule has 1 aromatic heterocycles. The summed E-state index contributed by atoms with van der Waals surface area (Å²) in [4.78, 5) is 16.0. The van der Waals surface area contributed by atoms with Crippen LogP contribution in [0.25, 0.3) is 16.3 Å². The van der Waals surface area contributed by atoms with Crippen molar-refractivity contribution in [3.05, 3.63) is 65.5 Å². The van der Waals surface area contributed by atoms with E-state index in [4.69, 9.17) is 0 Å². The molecule has 22 heavy (non-hydrogen) atoms. The van der Waals surface area contributed by atoms with Crippen molar-refractivity contribution < 1.29 is 9.18 Å². The molecule has 0 aliphatic rings. The molecule has 110 valence electrons. The average molecular weight is 312 g/mol. The highest BCUT2D eigenvalue weighted by atomic mass is 32.1. The number of anilines is 1. The van der Waals surface area contributed by atoms with E-state index < -0.39 is 0 Å². The second kappa shape index (κ2) is 6.07. The van der Waals surface area contributed by atoms with Crippen molar-refractivity contribution >= 4 is 38.7 Å².